The van der Waals surface area contributed by atoms with Crippen molar-refractivity contribution in [1.29, 1.82) is 0 Å². The molecule has 1 fully saturated rings. The first-order chi connectivity index (χ1) is 9.06. The number of nitrogens with two attached hydrogens (primary N) is 2. The second-order valence-electron chi connectivity index (χ2n) is 4.27. The van der Waals surface area contributed by atoms with Gasteiger partial charge in [-0.2, -0.15) is 0 Å². The minimum absolute atomic E-state index is 0.0653. The lowest BCUT2D eigenvalue weighted by Gasteiger charge is -2.28. The Kier molecular flexibility index (Phi) is 4.06. The number of thiophene rings is 1. The Labute approximate surface area is 115 Å². The second kappa shape index (κ2) is 5.58. The quantitative estimate of drug-likeness (QED) is 0.798. The number of ketones is 1. The van der Waals surface area contributed by atoms with E-state index in [-0.39, 0.29) is 17.0 Å². The second-order valence-corrected chi connectivity index (χ2v) is 5.26. The highest BCUT2D eigenvalue weighted by Gasteiger charge is 2.27. The van der Waals surface area contributed by atoms with Crippen molar-refractivity contribution in [2.75, 3.05) is 36.9 Å². The van der Waals surface area contributed by atoms with Crippen LogP contribution in [0.4, 0.5) is 10.7 Å². The molecule has 1 amide bonds. The van der Waals surface area contributed by atoms with Gasteiger partial charge in [-0.25, -0.2) is 0 Å². The van der Waals surface area contributed by atoms with Gasteiger partial charge in [-0.15, -0.1) is 11.3 Å². The average molecular weight is 283 g/mol. The fraction of sp³-hybridized carbons (Fsp3) is 0.500. The summed E-state index contributed by atoms with van der Waals surface area (Å²) in [6.07, 6.45) is 0.353. The summed E-state index contributed by atoms with van der Waals surface area (Å²) in [5.41, 5.74) is 11.8. The van der Waals surface area contributed by atoms with Crippen molar-refractivity contribution >= 4 is 33.7 Å². The summed E-state index contributed by atoms with van der Waals surface area (Å²) in [5, 5.41) is 0.685. The predicted molar refractivity (Wildman–Crippen MR) is 74.9 cm³/mol. The van der Waals surface area contributed by atoms with Crippen LogP contribution in [0.5, 0.6) is 0 Å². The van der Waals surface area contributed by atoms with E-state index in [1.165, 1.54) is 11.3 Å². The zero-order chi connectivity index (χ0) is 14.0. The summed E-state index contributed by atoms with van der Waals surface area (Å²) in [4.78, 5) is 25.9. The summed E-state index contributed by atoms with van der Waals surface area (Å²) in [5.74, 6) is -0.657. The van der Waals surface area contributed by atoms with E-state index in [4.69, 9.17) is 16.2 Å². The third-order valence-electron chi connectivity index (χ3n) is 3.05. The van der Waals surface area contributed by atoms with Gasteiger partial charge in [-0.3, -0.25) is 9.59 Å². The molecule has 1 aliphatic rings. The van der Waals surface area contributed by atoms with Crippen molar-refractivity contribution in [3.63, 3.8) is 0 Å². The van der Waals surface area contributed by atoms with Crippen molar-refractivity contribution in [2.24, 2.45) is 5.73 Å². The Morgan fingerprint density at radius 2 is 2.00 bits per heavy atom. The van der Waals surface area contributed by atoms with E-state index in [2.05, 4.69) is 0 Å². The summed E-state index contributed by atoms with van der Waals surface area (Å²) in [7, 11) is 0. The molecule has 0 saturated carbocycles. The van der Waals surface area contributed by atoms with Crippen molar-refractivity contribution in [1.82, 2.24) is 0 Å². The van der Waals surface area contributed by atoms with Gasteiger partial charge in [0.05, 0.1) is 29.3 Å². The number of rotatable bonds is 4. The van der Waals surface area contributed by atoms with Crippen molar-refractivity contribution in [3.8, 4) is 0 Å². The van der Waals surface area contributed by atoms with Crippen LogP contribution in [0.3, 0.4) is 0 Å². The van der Waals surface area contributed by atoms with Crippen LogP contribution in [-0.2, 0) is 4.74 Å². The number of primary amides is 1. The van der Waals surface area contributed by atoms with E-state index in [1.54, 1.807) is 6.92 Å². The molecule has 0 spiro atoms. The molecule has 19 heavy (non-hydrogen) atoms. The molecule has 0 bridgehead atoms. The van der Waals surface area contributed by atoms with Crippen LogP contribution in [0.2, 0.25) is 0 Å². The molecular formula is C12H17N3O3S. The molecule has 2 heterocycles. The van der Waals surface area contributed by atoms with Gasteiger partial charge in [-0.05, 0) is 0 Å². The largest absolute Gasteiger partial charge is 0.397 e. The van der Waals surface area contributed by atoms with Crippen LogP contribution < -0.4 is 16.4 Å². The molecule has 0 radical (unpaired) electrons. The van der Waals surface area contributed by atoms with Gasteiger partial charge in [0, 0.05) is 19.5 Å². The summed E-state index contributed by atoms with van der Waals surface area (Å²) in [6, 6.07) is 0. The molecule has 0 aromatic carbocycles. The van der Waals surface area contributed by atoms with E-state index in [0.717, 1.165) is 0 Å². The van der Waals surface area contributed by atoms with Gasteiger partial charge in [0.2, 0.25) is 0 Å². The van der Waals surface area contributed by atoms with Crippen LogP contribution in [0.25, 0.3) is 0 Å². The molecular weight excluding hydrogens is 266 g/mol. The molecule has 4 N–H and O–H groups in total. The van der Waals surface area contributed by atoms with Gasteiger partial charge in [0.15, 0.2) is 5.78 Å². The number of Topliss-reactive ketones (excluding diaryl/α,β-unsaturated/α-hetero) is 1. The molecule has 6 nitrogen and oxygen atoms in total. The minimum Gasteiger partial charge on any atom is -0.397 e. The Balaban J connectivity index is 2.46. The first-order valence-electron chi connectivity index (χ1n) is 6.14. The SMILES string of the molecule is CCC(=O)c1sc(N2CCOCC2)c(C(N)=O)c1N. The molecule has 1 aliphatic heterocycles. The van der Waals surface area contributed by atoms with Crippen molar-refractivity contribution < 1.29 is 14.3 Å². The maximum Gasteiger partial charge on any atom is 0.253 e. The van der Waals surface area contributed by atoms with Crippen LogP contribution >= 0.6 is 11.3 Å². The Hall–Kier alpha value is -1.60. The van der Waals surface area contributed by atoms with Crippen LogP contribution in [0.15, 0.2) is 0 Å². The number of carbonyl (C=O) groups is 2. The van der Waals surface area contributed by atoms with Gasteiger partial charge in [0.25, 0.3) is 5.91 Å². The number of hydrogen-bond acceptors (Lipinski definition) is 6. The molecule has 2 rings (SSSR count). The van der Waals surface area contributed by atoms with E-state index < -0.39 is 5.91 Å². The molecule has 104 valence electrons. The number of hydrogen-bond donors (Lipinski definition) is 2. The lowest BCUT2D eigenvalue weighted by molar-refractivity contribution is 0.0991. The number of morpholine rings is 1. The number of nitrogen functional groups attached to an aromatic ring is 1. The third kappa shape index (κ3) is 2.57. The van der Waals surface area contributed by atoms with E-state index in [1.807, 2.05) is 4.90 Å². The topological polar surface area (TPSA) is 98.6 Å². The number of carbonyl (C=O) groups excluding carboxylic acids is 2. The fourth-order valence-electron chi connectivity index (χ4n) is 2.03. The van der Waals surface area contributed by atoms with Crippen LogP contribution in [0.1, 0.15) is 33.4 Å². The zero-order valence-corrected chi connectivity index (χ0v) is 11.6. The van der Waals surface area contributed by atoms with Gasteiger partial charge >= 0.3 is 0 Å². The smallest absolute Gasteiger partial charge is 0.253 e. The lowest BCUT2D eigenvalue weighted by atomic mass is 10.1. The van der Waals surface area contributed by atoms with Crippen molar-refractivity contribution in [2.45, 2.75) is 13.3 Å². The van der Waals surface area contributed by atoms with Gasteiger partial charge < -0.3 is 21.1 Å². The summed E-state index contributed by atoms with van der Waals surface area (Å²) < 4.78 is 5.28. The molecule has 1 aromatic heterocycles. The monoisotopic (exact) mass is 283 g/mol. The van der Waals surface area contributed by atoms with E-state index in [0.29, 0.717) is 42.6 Å². The fourth-order valence-corrected chi connectivity index (χ4v) is 3.31. The number of anilines is 2. The maximum atomic E-state index is 11.8. The molecule has 7 heteroatoms. The summed E-state index contributed by atoms with van der Waals surface area (Å²) >= 11 is 1.25. The zero-order valence-electron chi connectivity index (χ0n) is 10.8. The molecule has 0 unspecified atom stereocenters. The maximum absolute atomic E-state index is 11.8. The Morgan fingerprint density at radius 1 is 1.37 bits per heavy atom. The number of ether oxygens (including phenoxy) is 1. The predicted octanol–water partition coefficient (Wildman–Crippen LogP) is 0.859. The molecule has 1 aromatic rings. The molecule has 0 atom stereocenters. The highest BCUT2D eigenvalue weighted by Crippen LogP contribution is 2.39. The van der Waals surface area contributed by atoms with Gasteiger partial charge in [-0.1, -0.05) is 6.92 Å². The highest BCUT2D eigenvalue weighted by molar-refractivity contribution is 7.19. The van der Waals surface area contributed by atoms with E-state index >= 15 is 0 Å². The number of amides is 1. The van der Waals surface area contributed by atoms with Gasteiger partial charge in [0.1, 0.15) is 5.00 Å². The average Bonchev–Trinajstić information content (AvgIpc) is 2.76. The first-order valence-corrected chi connectivity index (χ1v) is 6.95. The summed E-state index contributed by atoms with van der Waals surface area (Å²) in [6.45, 7) is 4.28. The Morgan fingerprint density at radius 3 is 2.53 bits per heavy atom. The third-order valence-corrected chi connectivity index (χ3v) is 4.35. The van der Waals surface area contributed by atoms with Crippen LogP contribution in [-0.4, -0.2) is 38.0 Å². The minimum atomic E-state index is -0.592. The highest BCUT2D eigenvalue weighted by atomic mass is 32.1. The normalized spacial score (nSPS) is 15.5. The lowest BCUT2D eigenvalue weighted by Crippen LogP contribution is -2.36. The first kappa shape index (κ1) is 13.8. The molecule has 1 saturated heterocycles. The molecule has 0 aliphatic carbocycles. The Bertz CT molecular complexity index is 507. The van der Waals surface area contributed by atoms with Crippen molar-refractivity contribution in [3.05, 3.63) is 10.4 Å². The van der Waals surface area contributed by atoms with E-state index in [9.17, 15) is 9.59 Å². The number of nitrogens with zero attached hydrogens (tertiary/aromatic N) is 1. The standard InChI is InChI=1S/C12H17N3O3S/c1-2-7(16)10-9(13)8(11(14)17)12(19-10)15-3-5-18-6-4-15/h2-6,13H2,1H3,(H2,14,17). The van der Waals surface area contributed by atoms with Crippen LogP contribution in [0, 0.1) is 0 Å².